The van der Waals surface area contributed by atoms with Gasteiger partial charge >= 0.3 is 0 Å². The number of nitriles is 1. The first-order valence-electron chi connectivity index (χ1n) is 3.23. The Bertz CT molecular complexity index is 127. The van der Waals surface area contributed by atoms with E-state index < -0.39 is 0 Å². The molecule has 3 nitrogen and oxygen atoms in total. The van der Waals surface area contributed by atoms with Crippen LogP contribution in [0.15, 0.2) is 0 Å². The lowest BCUT2D eigenvalue weighted by molar-refractivity contribution is 0.292. The summed E-state index contributed by atoms with van der Waals surface area (Å²) in [7, 11) is 0. The normalized spacial score (nSPS) is 27.6. The highest BCUT2D eigenvalue weighted by molar-refractivity contribution is 4.82. The zero-order chi connectivity index (χ0) is 6.69. The molecular formula is C6H11N3. The zero-order valence-corrected chi connectivity index (χ0v) is 5.38. The van der Waals surface area contributed by atoms with Crippen molar-refractivity contribution in [3.8, 4) is 6.19 Å². The van der Waals surface area contributed by atoms with Gasteiger partial charge < -0.3 is 10.6 Å². The second-order valence-corrected chi connectivity index (χ2v) is 2.45. The Morgan fingerprint density at radius 3 is 2.89 bits per heavy atom. The molecule has 0 spiro atoms. The van der Waals surface area contributed by atoms with Crippen molar-refractivity contribution in [2.24, 2.45) is 5.73 Å². The maximum atomic E-state index is 8.43. The van der Waals surface area contributed by atoms with Crippen LogP contribution < -0.4 is 5.73 Å². The van der Waals surface area contributed by atoms with Gasteiger partial charge in [0.25, 0.3) is 0 Å². The topological polar surface area (TPSA) is 53.0 Å². The van der Waals surface area contributed by atoms with Crippen LogP contribution >= 0.6 is 0 Å². The van der Waals surface area contributed by atoms with Crippen LogP contribution in [-0.4, -0.2) is 24.0 Å². The molecule has 0 saturated carbocycles. The fraction of sp³-hybridized carbons (Fsp3) is 0.833. The van der Waals surface area contributed by atoms with E-state index in [1.807, 2.05) is 0 Å². The van der Waals surface area contributed by atoms with Crippen molar-refractivity contribution in [2.75, 3.05) is 13.1 Å². The van der Waals surface area contributed by atoms with Crippen molar-refractivity contribution in [1.29, 1.82) is 5.26 Å². The van der Waals surface area contributed by atoms with Gasteiger partial charge in [0.2, 0.25) is 0 Å². The molecule has 0 aromatic heterocycles. The minimum absolute atomic E-state index is 0.221. The smallest absolute Gasteiger partial charge is 0.179 e. The molecule has 1 unspecified atom stereocenters. The Morgan fingerprint density at radius 2 is 2.44 bits per heavy atom. The number of likely N-dealkylation sites (tertiary alicyclic amines) is 1. The van der Waals surface area contributed by atoms with E-state index >= 15 is 0 Å². The van der Waals surface area contributed by atoms with Gasteiger partial charge in [0.1, 0.15) is 0 Å². The third-order valence-corrected chi connectivity index (χ3v) is 1.60. The van der Waals surface area contributed by atoms with Crippen molar-refractivity contribution < 1.29 is 0 Å². The summed E-state index contributed by atoms with van der Waals surface area (Å²) >= 11 is 0. The molecule has 1 rings (SSSR count). The zero-order valence-electron chi connectivity index (χ0n) is 5.38. The Kier molecular flexibility index (Phi) is 1.91. The molecule has 0 aromatic carbocycles. The summed E-state index contributed by atoms with van der Waals surface area (Å²) in [5.41, 5.74) is 5.61. The number of hydrogen-bond acceptors (Lipinski definition) is 3. The number of nitrogens with zero attached hydrogens (tertiary/aromatic N) is 2. The van der Waals surface area contributed by atoms with Crippen LogP contribution in [0, 0.1) is 11.5 Å². The van der Waals surface area contributed by atoms with Gasteiger partial charge in [-0.3, -0.25) is 0 Å². The average molecular weight is 125 g/mol. The summed E-state index contributed by atoms with van der Waals surface area (Å²) in [6.07, 6.45) is 4.22. The van der Waals surface area contributed by atoms with Crippen LogP contribution in [0.5, 0.6) is 0 Å². The predicted octanol–water partition coefficient (Wildman–Crippen LogP) is -0.109. The first-order chi connectivity index (χ1) is 4.33. The molecule has 0 bridgehead atoms. The number of piperidine rings is 1. The Hall–Kier alpha value is -0.750. The standard InChI is InChI=1S/C6H11N3/c7-5-9-3-1-2-6(8)4-9/h6H,1-4,8H2. The SMILES string of the molecule is N#CN1CCCC(N)C1. The van der Waals surface area contributed by atoms with Gasteiger partial charge in [0, 0.05) is 19.1 Å². The first kappa shape index (κ1) is 6.37. The van der Waals surface area contributed by atoms with E-state index in [-0.39, 0.29) is 6.04 Å². The largest absolute Gasteiger partial charge is 0.326 e. The van der Waals surface area contributed by atoms with Gasteiger partial charge in [-0.2, -0.15) is 5.26 Å². The fourth-order valence-corrected chi connectivity index (χ4v) is 1.10. The molecule has 0 aliphatic carbocycles. The lowest BCUT2D eigenvalue weighted by atomic mass is 10.1. The van der Waals surface area contributed by atoms with Gasteiger partial charge in [-0.05, 0) is 12.8 Å². The summed E-state index contributed by atoms with van der Waals surface area (Å²) in [4.78, 5) is 1.72. The molecule has 0 radical (unpaired) electrons. The number of hydrogen-bond donors (Lipinski definition) is 1. The summed E-state index contributed by atoms with van der Waals surface area (Å²) in [5, 5.41) is 8.43. The molecule has 1 fully saturated rings. The van der Waals surface area contributed by atoms with E-state index in [1.54, 1.807) is 4.90 Å². The minimum Gasteiger partial charge on any atom is -0.326 e. The Balaban J connectivity index is 2.34. The third kappa shape index (κ3) is 1.58. The highest BCUT2D eigenvalue weighted by Gasteiger charge is 2.13. The second kappa shape index (κ2) is 2.70. The van der Waals surface area contributed by atoms with E-state index in [0.29, 0.717) is 0 Å². The molecule has 3 heteroatoms. The Labute approximate surface area is 55.1 Å². The van der Waals surface area contributed by atoms with Crippen LogP contribution in [0.2, 0.25) is 0 Å². The number of nitrogens with two attached hydrogens (primary N) is 1. The number of rotatable bonds is 0. The molecule has 1 aliphatic rings. The monoisotopic (exact) mass is 125 g/mol. The highest BCUT2D eigenvalue weighted by atomic mass is 15.1. The van der Waals surface area contributed by atoms with Crippen LogP contribution in [0.25, 0.3) is 0 Å². The summed E-state index contributed by atoms with van der Waals surface area (Å²) < 4.78 is 0. The molecular weight excluding hydrogens is 114 g/mol. The molecule has 50 valence electrons. The quantitative estimate of drug-likeness (QED) is 0.459. The fourth-order valence-electron chi connectivity index (χ4n) is 1.10. The van der Waals surface area contributed by atoms with E-state index in [2.05, 4.69) is 6.19 Å². The van der Waals surface area contributed by atoms with Gasteiger partial charge in [-0.25, -0.2) is 0 Å². The summed E-state index contributed by atoms with van der Waals surface area (Å²) in [6, 6.07) is 0.221. The van der Waals surface area contributed by atoms with Crippen molar-refractivity contribution in [3.05, 3.63) is 0 Å². The molecule has 2 N–H and O–H groups in total. The van der Waals surface area contributed by atoms with Crippen LogP contribution in [0.1, 0.15) is 12.8 Å². The average Bonchev–Trinajstić information content (AvgIpc) is 1.88. The van der Waals surface area contributed by atoms with E-state index in [0.717, 1.165) is 25.9 Å². The first-order valence-corrected chi connectivity index (χ1v) is 3.23. The highest BCUT2D eigenvalue weighted by Crippen LogP contribution is 2.05. The van der Waals surface area contributed by atoms with Crippen molar-refractivity contribution in [2.45, 2.75) is 18.9 Å². The molecule has 1 saturated heterocycles. The van der Waals surface area contributed by atoms with Crippen molar-refractivity contribution >= 4 is 0 Å². The lowest BCUT2D eigenvalue weighted by Crippen LogP contribution is -2.40. The third-order valence-electron chi connectivity index (χ3n) is 1.60. The van der Waals surface area contributed by atoms with Crippen LogP contribution in [0.3, 0.4) is 0 Å². The maximum Gasteiger partial charge on any atom is 0.179 e. The van der Waals surface area contributed by atoms with E-state index in [1.165, 1.54) is 0 Å². The van der Waals surface area contributed by atoms with Gasteiger partial charge in [-0.1, -0.05) is 0 Å². The van der Waals surface area contributed by atoms with Gasteiger partial charge in [-0.15, -0.1) is 0 Å². The van der Waals surface area contributed by atoms with Crippen molar-refractivity contribution in [1.82, 2.24) is 4.90 Å². The summed E-state index contributed by atoms with van der Waals surface area (Å²) in [5.74, 6) is 0. The summed E-state index contributed by atoms with van der Waals surface area (Å²) in [6.45, 7) is 1.64. The molecule has 1 heterocycles. The Morgan fingerprint density at radius 1 is 1.67 bits per heavy atom. The van der Waals surface area contributed by atoms with Crippen LogP contribution in [-0.2, 0) is 0 Å². The minimum atomic E-state index is 0.221. The molecule has 1 aliphatic heterocycles. The van der Waals surface area contributed by atoms with Gasteiger partial charge in [0.05, 0.1) is 0 Å². The van der Waals surface area contributed by atoms with Crippen LogP contribution in [0.4, 0.5) is 0 Å². The molecule has 9 heavy (non-hydrogen) atoms. The predicted molar refractivity (Wildman–Crippen MR) is 34.4 cm³/mol. The van der Waals surface area contributed by atoms with E-state index in [9.17, 15) is 0 Å². The lowest BCUT2D eigenvalue weighted by Gasteiger charge is -2.25. The second-order valence-electron chi connectivity index (χ2n) is 2.45. The van der Waals surface area contributed by atoms with Gasteiger partial charge in [0.15, 0.2) is 6.19 Å². The molecule has 0 amide bonds. The molecule has 1 atom stereocenters. The van der Waals surface area contributed by atoms with E-state index in [4.69, 9.17) is 11.0 Å². The molecule has 0 aromatic rings. The maximum absolute atomic E-state index is 8.43. The van der Waals surface area contributed by atoms with Crippen molar-refractivity contribution in [3.63, 3.8) is 0 Å².